The van der Waals surface area contributed by atoms with Crippen molar-refractivity contribution in [2.75, 3.05) is 0 Å². The largest absolute Gasteiger partial charge is 0.359 e. The summed E-state index contributed by atoms with van der Waals surface area (Å²) < 4.78 is 33.2. The number of aryl methyl sites for hydroxylation is 1. The summed E-state index contributed by atoms with van der Waals surface area (Å²) in [6.07, 6.45) is 3.76. The SMILES string of the molecule is CCCc1ccc(-c2cc(CN3Cc4[nH]c(-c5cccc(F)c5F)nc4C=N3)on2)cc1. The minimum absolute atomic E-state index is 0.0872. The molecule has 0 saturated heterocycles. The van der Waals surface area contributed by atoms with Gasteiger partial charge in [0.25, 0.3) is 0 Å². The third-order valence-electron chi connectivity index (χ3n) is 5.39. The maximum Gasteiger partial charge on any atom is 0.169 e. The Bertz CT molecular complexity index is 1280. The van der Waals surface area contributed by atoms with Gasteiger partial charge in [0, 0.05) is 11.6 Å². The number of aromatic nitrogens is 3. The van der Waals surface area contributed by atoms with Crippen LogP contribution in [0.1, 0.15) is 36.1 Å². The third-order valence-corrected chi connectivity index (χ3v) is 5.39. The summed E-state index contributed by atoms with van der Waals surface area (Å²) in [5.74, 6) is -0.888. The van der Waals surface area contributed by atoms with E-state index in [9.17, 15) is 8.78 Å². The van der Waals surface area contributed by atoms with E-state index in [0.29, 0.717) is 24.5 Å². The van der Waals surface area contributed by atoms with Crippen molar-refractivity contribution in [3.8, 4) is 22.6 Å². The van der Waals surface area contributed by atoms with Crippen molar-refractivity contribution in [2.24, 2.45) is 5.10 Å². The van der Waals surface area contributed by atoms with Crippen molar-refractivity contribution in [1.29, 1.82) is 0 Å². The van der Waals surface area contributed by atoms with Crippen molar-refractivity contribution in [1.82, 2.24) is 20.1 Å². The monoisotopic (exact) mass is 433 g/mol. The second-order valence-corrected chi connectivity index (χ2v) is 7.74. The summed E-state index contributed by atoms with van der Waals surface area (Å²) in [7, 11) is 0. The number of hydrazone groups is 1. The number of aromatic amines is 1. The lowest BCUT2D eigenvalue weighted by Crippen LogP contribution is -2.21. The van der Waals surface area contributed by atoms with Crippen molar-refractivity contribution >= 4 is 6.21 Å². The van der Waals surface area contributed by atoms with Crippen LogP contribution < -0.4 is 0 Å². The van der Waals surface area contributed by atoms with Crippen LogP contribution in [0.15, 0.2) is 58.2 Å². The summed E-state index contributed by atoms with van der Waals surface area (Å²) in [6, 6.07) is 14.3. The Labute approximate surface area is 183 Å². The number of nitrogens with one attached hydrogen (secondary N) is 1. The van der Waals surface area contributed by atoms with E-state index in [1.165, 1.54) is 17.7 Å². The average molecular weight is 433 g/mol. The molecule has 2 aromatic carbocycles. The molecule has 0 radical (unpaired) electrons. The van der Waals surface area contributed by atoms with Crippen LogP contribution in [0, 0.1) is 11.6 Å². The molecule has 8 heteroatoms. The van der Waals surface area contributed by atoms with Crippen molar-refractivity contribution in [2.45, 2.75) is 32.9 Å². The minimum Gasteiger partial charge on any atom is -0.359 e. The normalized spacial score (nSPS) is 12.9. The Morgan fingerprint density at radius 2 is 1.97 bits per heavy atom. The van der Waals surface area contributed by atoms with Crippen LogP contribution in [0.25, 0.3) is 22.6 Å². The highest BCUT2D eigenvalue weighted by molar-refractivity contribution is 5.80. The molecular weight excluding hydrogens is 412 g/mol. The van der Waals surface area contributed by atoms with Crippen LogP contribution in [0.5, 0.6) is 0 Å². The van der Waals surface area contributed by atoms with Crippen LogP contribution in [-0.2, 0) is 19.5 Å². The highest BCUT2D eigenvalue weighted by atomic mass is 19.2. The third kappa shape index (κ3) is 3.91. The maximum atomic E-state index is 14.1. The second-order valence-electron chi connectivity index (χ2n) is 7.74. The zero-order chi connectivity index (χ0) is 22.1. The first-order valence-corrected chi connectivity index (χ1v) is 10.5. The molecule has 4 aromatic rings. The fourth-order valence-electron chi connectivity index (χ4n) is 3.76. The Morgan fingerprint density at radius 1 is 1.12 bits per heavy atom. The number of halogens is 2. The number of H-pyrrole nitrogens is 1. The van der Waals surface area contributed by atoms with Gasteiger partial charge in [-0.2, -0.15) is 5.10 Å². The highest BCUT2D eigenvalue weighted by Crippen LogP contribution is 2.26. The van der Waals surface area contributed by atoms with E-state index in [1.807, 2.05) is 6.07 Å². The van der Waals surface area contributed by atoms with Gasteiger partial charge in [0.1, 0.15) is 17.2 Å². The molecule has 2 aromatic heterocycles. The zero-order valence-electron chi connectivity index (χ0n) is 17.5. The predicted octanol–water partition coefficient (Wildman–Crippen LogP) is 5.31. The van der Waals surface area contributed by atoms with Gasteiger partial charge in [-0.05, 0) is 24.1 Å². The van der Waals surface area contributed by atoms with Crippen LogP contribution in [0.2, 0.25) is 0 Å². The molecule has 0 unspecified atom stereocenters. The molecule has 0 aliphatic carbocycles. The molecule has 0 fully saturated rings. The summed E-state index contributed by atoms with van der Waals surface area (Å²) in [4.78, 5) is 7.44. The van der Waals surface area contributed by atoms with Gasteiger partial charge >= 0.3 is 0 Å². The summed E-state index contributed by atoms with van der Waals surface area (Å²) in [5, 5.41) is 10.4. The van der Waals surface area contributed by atoms with Gasteiger partial charge in [0.05, 0.1) is 30.6 Å². The van der Waals surface area contributed by atoms with Gasteiger partial charge in [-0.1, -0.05) is 48.8 Å². The van der Waals surface area contributed by atoms with Gasteiger partial charge in [-0.25, -0.2) is 13.8 Å². The lowest BCUT2D eigenvalue weighted by molar-refractivity contribution is 0.229. The molecule has 0 atom stereocenters. The van der Waals surface area contributed by atoms with Crippen LogP contribution in [0.4, 0.5) is 8.78 Å². The summed E-state index contributed by atoms with van der Waals surface area (Å²) in [5.41, 5.74) is 4.53. The van der Waals surface area contributed by atoms with E-state index >= 15 is 0 Å². The maximum absolute atomic E-state index is 14.1. The number of nitrogens with zero attached hydrogens (tertiary/aromatic N) is 4. The molecule has 32 heavy (non-hydrogen) atoms. The Morgan fingerprint density at radius 3 is 2.78 bits per heavy atom. The number of imidazole rings is 1. The van der Waals surface area contributed by atoms with Crippen LogP contribution in [0.3, 0.4) is 0 Å². The first-order chi connectivity index (χ1) is 15.6. The Balaban J connectivity index is 1.29. The van der Waals surface area contributed by atoms with Gasteiger partial charge in [0.2, 0.25) is 0 Å². The number of hydrogen-bond acceptors (Lipinski definition) is 5. The molecular formula is C24H21F2N5O. The molecule has 0 spiro atoms. The molecule has 1 aliphatic heterocycles. The topological polar surface area (TPSA) is 70.3 Å². The Kier molecular flexibility index (Phi) is 5.26. The van der Waals surface area contributed by atoms with E-state index < -0.39 is 11.6 Å². The second kappa shape index (κ2) is 8.37. The molecule has 0 amide bonds. The molecule has 1 aliphatic rings. The van der Waals surface area contributed by atoms with Gasteiger partial charge in [-0.3, -0.25) is 5.01 Å². The lowest BCUT2D eigenvalue weighted by Gasteiger charge is -2.19. The lowest BCUT2D eigenvalue weighted by atomic mass is 10.1. The van der Waals surface area contributed by atoms with Gasteiger partial charge < -0.3 is 9.51 Å². The van der Waals surface area contributed by atoms with Crippen LogP contribution >= 0.6 is 0 Å². The fourth-order valence-corrected chi connectivity index (χ4v) is 3.76. The molecule has 1 N–H and O–H groups in total. The van der Waals surface area contributed by atoms with Gasteiger partial charge in [-0.15, -0.1) is 0 Å². The van der Waals surface area contributed by atoms with E-state index in [4.69, 9.17) is 4.52 Å². The standard InChI is InChI=1S/C24H21F2N5O/c1-2-4-15-7-9-16(10-8-15)20-11-17(32-30-20)13-31-14-22-21(12-27-31)28-24(29-22)18-5-3-6-19(25)23(18)26/h3,5-12H,2,4,13-14H2,1H3,(H,28,29). The van der Waals surface area contributed by atoms with Crippen LogP contribution in [-0.4, -0.2) is 26.3 Å². The quantitative estimate of drug-likeness (QED) is 0.447. The van der Waals surface area contributed by atoms with Crippen molar-refractivity contribution in [3.05, 3.63) is 82.9 Å². The van der Waals surface area contributed by atoms with Crippen molar-refractivity contribution < 1.29 is 13.3 Å². The number of benzene rings is 2. The molecule has 3 heterocycles. The Hall–Kier alpha value is -3.81. The molecule has 0 bridgehead atoms. The molecule has 5 rings (SSSR count). The molecule has 0 saturated carbocycles. The van der Waals surface area contributed by atoms with E-state index in [2.05, 4.69) is 51.4 Å². The summed E-state index contributed by atoms with van der Waals surface area (Å²) >= 11 is 0. The minimum atomic E-state index is -0.927. The van der Waals surface area contributed by atoms with E-state index in [1.54, 1.807) is 11.2 Å². The molecule has 162 valence electrons. The van der Waals surface area contributed by atoms with Gasteiger partial charge in [0.15, 0.2) is 17.4 Å². The summed E-state index contributed by atoms with van der Waals surface area (Å²) in [6.45, 7) is 3.00. The highest BCUT2D eigenvalue weighted by Gasteiger charge is 2.21. The predicted molar refractivity (Wildman–Crippen MR) is 117 cm³/mol. The van der Waals surface area contributed by atoms with Crippen molar-refractivity contribution in [3.63, 3.8) is 0 Å². The number of hydrogen-bond donors (Lipinski definition) is 1. The fraction of sp³-hybridized carbons (Fsp3) is 0.208. The average Bonchev–Trinajstić information content (AvgIpc) is 3.43. The smallest absolute Gasteiger partial charge is 0.169 e. The van der Waals surface area contributed by atoms with E-state index in [-0.39, 0.29) is 11.4 Å². The van der Waals surface area contributed by atoms with E-state index in [0.717, 1.165) is 35.9 Å². The zero-order valence-corrected chi connectivity index (χ0v) is 17.5. The number of rotatable bonds is 6. The number of fused-ring (bicyclic) bond motifs is 1. The first kappa shape index (κ1) is 20.1. The molecule has 6 nitrogen and oxygen atoms in total. The first-order valence-electron chi connectivity index (χ1n) is 10.5.